The van der Waals surface area contributed by atoms with Crippen LogP contribution in [0.25, 0.3) is 0 Å². The predicted octanol–water partition coefficient (Wildman–Crippen LogP) is 1.96. The highest BCUT2D eigenvalue weighted by molar-refractivity contribution is 8.00. The van der Waals surface area contributed by atoms with Crippen molar-refractivity contribution >= 4 is 47.3 Å². The predicted molar refractivity (Wildman–Crippen MR) is 105 cm³/mol. The Bertz CT molecular complexity index is 871. The molecule has 9 nitrogen and oxygen atoms in total. The van der Waals surface area contributed by atoms with E-state index in [0.717, 1.165) is 0 Å². The lowest BCUT2D eigenvalue weighted by Gasteiger charge is -2.47. The third-order valence-corrected chi connectivity index (χ3v) is 5.80. The van der Waals surface area contributed by atoms with Crippen LogP contribution in [-0.2, 0) is 20.9 Å². The van der Waals surface area contributed by atoms with E-state index in [2.05, 4.69) is 4.99 Å². The van der Waals surface area contributed by atoms with Crippen LogP contribution in [0.5, 0.6) is 0 Å². The number of hydrogen-bond acceptors (Lipinski definition) is 7. The number of β-lactam (4-membered cyclic amide) rings is 1. The maximum Gasteiger partial charge on any atom is 0.356 e. The van der Waals surface area contributed by atoms with Gasteiger partial charge in [-0.3, -0.25) is 24.8 Å². The largest absolute Gasteiger partial charge is 0.456 e. The van der Waals surface area contributed by atoms with Gasteiger partial charge in [-0.25, -0.2) is 4.79 Å². The lowest BCUT2D eigenvalue weighted by molar-refractivity contribution is -0.384. The lowest BCUT2D eigenvalue weighted by atomic mass is 10.1. The number of esters is 1. The van der Waals surface area contributed by atoms with E-state index in [0.29, 0.717) is 11.3 Å². The van der Waals surface area contributed by atoms with Crippen LogP contribution in [0.3, 0.4) is 0 Å². The molecule has 1 amide bonds. The summed E-state index contributed by atoms with van der Waals surface area (Å²) in [7, 11) is 3.60. The first-order valence-electron chi connectivity index (χ1n) is 8.23. The van der Waals surface area contributed by atoms with Crippen molar-refractivity contribution in [2.24, 2.45) is 4.99 Å². The lowest BCUT2D eigenvalue weighted by Crippen LogP contribution is -2.64. The first-order valence-corrected chi connectivity index (χ1v) is 9.65. The molecule has 1 saturated heterocycles. The van der Waals surface area contributed by atoms with Crippen LogP contribution in [-0.4, -0.2) is 64.2 Å². The Morgan fingerprint density at radius 2 is 2.14 bits per heavy atom. The molecule has 0 saturated carbocycles. The van der Waals surface area contributed by atoms with E-state index in [9.17, 15) is 19.7 Å². The van der Waals surface area contributed by atoms with Crippen LogP contribution in [0.4, 0.5) is 5.69 Å². The van der Waals surface area contributed by atoms with Gasteiger partial charge in [-0.15, -0.1) is 11.8 Å². The van der Waals surface area contributed by atoms with Gasteiger partial charge in [0.25, 0.3) is 11.6 Å². The van der Waals surface area contributed by atoms with Crippen LogP contribution in [0, 0.1) is 10.1 Å². The standard InChI is InChI=1S/C17H17ClN4O5S/c1-20(2)9-19-13-15(23)21-14(12(18)8-28-16(13)21)17(24)27-7-10-3-5-11(6-4-10)22(25)26/h3-6,9,13,16H,7-8H2,1-2H3/t13?,16-/m0/s1. The molecule has 2 aliphatic rings. The van der Waals surface area contributed by atoms with Crippen molar-refractivity contribution in [2.75, 3.05) is 19.8 Å². The molecule has 0 radical (unpaired) electrons. The molecule has 2 heterocycles. The number of nitro groups is 1. The van der Waals surface area contributed by atoms with Gasteiger partial charge >= 0.3 is 5.97 Å². The number of halogens is 1. The summed E-state index contributed by atoms with van der Waals surface area (Å²) in [6, 6.07) is 5.10. The number of aliphatic imine (C=N–C) groups is 1. The maximum absolute atomic E-state index is 12.5. The summed E-state index contributed by atoms with van der Waals surface area (Å²) in [6.45, 7) is -0.0907. The van der Waals surface area contributed by atoms with Gasteiger partial charge in [-0.2, -0.15) is 0 Å². The molecule has 2 aliphatic heterocycles. The molecule has 3 rings (SSSR count). The van der Waals surface area contributed by atoms with Gasteiger partial charge < -0.3 is 9.64 Å². The SMILES string of the molecule is CN(C)C=NC1C(=O)N2C(C(=O)OCc3ccc([N+](=O)[O-])cc3)=C(Cl)CS[C@@H]12. The van der Waals surface area contributed by atoms with Crippen molar-refractivity contribution in [2.45, 2.75) is 18.0 Å². The van der Waals surface area contributed by atoms with Gasteiger partial charge in [0, 0.05) is 32.0 Å². The Morgan fingerprint density at radius 1 is 1.46 bits per heavy atom. The second-order valence-corrected chi connectivity index (χ2v) is 7.90. The summed E-state index contributed by atoms with van der Waals surface area (Å²) in [5, 5.41) is 10.6. The summed E-state index contributed by atoms with van der Waals surface area (Å²) in [5.41, 5.74) is 0.568. The summed E-state index contributed by atoms with van der Waals surface area (Å²) in [4.78, 5) is 42.5. The number of nitro benzene ring substituents is 1. The van der Waals surface area contributed by atoms with E-state index in [1.165, 1.54) is 40.9 Å². The number of fused-ring (bicyclic) bond motifs is 1. The van der Waals surface area contributed by atoms with Gasteiger partial charge in [0.1, 0.15) is 17.7 Å². The molecule has 28 heavy (non-hydrogen) atoms. The van der Waals surface area contributed by atoms with Gasteiger partial charge in [0.2, 0.25) is 0 Å². The number of nitrogens with zero attached hydrogens (tertiary/aromatic N) is 4. The quantitative estimate of drug-likeness (QED) is 0.171. The number of amides is 1. The first-order chi connectivity index (χ1) is 13.3. The zero-order valence-electron chi connectivity index (χ0n) is 15.1. The molecular weight excluding hydrogens is 408 g/mol. The van der Waals surface area contributed by atoms with E-state index in [-0.39, 0.29) is 34.3 Å². The van der Waals surface area contributed by atoms with E-state index in [1.54, 1.807) is 25.3 Å². The molecule has 0 N–H and O–H groups in total. The van der Waals surface area contributed by atoms with Gasteiger partial charge in [0.15, 0.2) is 6.04 Å². The number of benzene rings is 1. The Balaban J connectivity index is 1.67. The topological polar surface area (TPSA) is 105 Å². The number of non-ortho nitro benzene ring substituents is 1. The minimum absolute atomic E-state index is 0.0358. The highest BCUT2D eigenvalue weighted by Gasteiger charge is 2.53. The van der Waals surface area contributed by atoms with Gasteiger partial charge in [-0.05, 0) is 17.7 Å². The molecule has 2 atom stereocenters. The number of hydrogen-bond donors (Lipinski definition) is 0. The number of thioether (sulfide) groups is 1. The zero-order valence-corrected chi connectivity index (χ0v) is 16.6. The molecule has 11 heteroatoms. The molecule has 1 aromatic rings. The maximum atomic E-state index is 12.5. The normalized spacial score (nSPS) is 21.4. The fourth-order valence-corrected chi connectivity index (χ4v) is 4.23. The Labute approximate surface area is 170 Å². The molecule has 0 aliphatic carbocycles. The molecule has 148 valence electrons. The molecular formula is C17H17ClN4O5S. The van der Waals surface area contributed by atoms with E-state index >= 15 is 0 Å². The van der Waals surface area contributed by atoms with E-state index < -0.39 is 16.9 Å². The van der Waals surface area contributed by atoms with Crippen LogP contribution in [0.1, 0.15) is 5.56 Å². The summed E-state index contributed by atoms with van der Waals surface area (Å²) < 4.78 is 5.27. The van der Waals surface area contributed by atoms with Crippen molar-refractivity contribution < 1.29 is 19.2 Å². The average molecular weight is 425 g/mol. The second-order valence-electron chi connectivity index (χ2n) is 6.34. The van der Waals surface area contributed by atoms with Crippen molar-refractivity contribution in [1.29, 1.82) is 0 Å². The van der Waals surface area contributed by atoms with Gasteiger partial charge in [0.05, 0.1) is 16.3 Å². The van der Waals surface area contributed by atoms with E-state index in [1.807, 2.05) is 0 Å². The number of carbonyl (C=O) groups excluding carboxylic acids is 2. The van der Waals surface area contributed by atoms with Crippen molar-refractivity contribution in [1.82, 2.24) is 9.80 Å². The number of rotatable bonds is 6. The monoisotopic (exact) mass is 424 g/mol. The third-order valence-electron chi connectivity index (χ3n) is 4.06. The molecule has 0 aromatic heterocycles. The highest BCUT2D eigenvalue weighted by Crippen LogP contribution is 2.42. The van der Waals surface area contributed by atoms with Crippen LogP contribution < -0.4 is 0 Å². The van der Waals surface area contributed by atoms with Crippen LogP contribution >= 0.6 is 23.4 Å². The number of ether oxygens (including phenoxy) is 1. The van der Waals surface area contributed by atoms with E-state index in [4.69, 9.17) is 16.3 Å². The molecule has 0 bridgehead atoms. The molecule has 1 unspecified atom stereocenters. The second kappa shape index (κ2) is 8.19. The highest BCUT2D eigenvalue weighted by atomic mass is 35.5. The smallest absolute Gasteiger partial charge is 0.356 e. The fraction of sp³-hybridized carbons (Fsp3) is 0.353. The Hall–Kier alpha value is -2.59. The van der Waals surface area contributed by atoms with Crippen LogP contribution in [0.15, 0.2) is 40.0 Å². The minimum Gasteiger partial charge on any atom is -0.456 e. The summed E-state index contributed by atoms with van der Waals surface area (Å²) in [6.07, 6.45) is 1.56. The zero-order chi connectivity index (χ0) is 20.4. The summed E-state index contributed by atoms with van der Waals surface area (Å²) in [5.74, 6) is -0.640. The molecule has 1 fully saturated rings. The minimum atomic E-state index is -0.711. The molecule has 1 aromatic carbocycles. The van der Waals surface area contributed by atoms with Crippen molar-refractivity contribution in [3.63, 3.8) is 0 Å². The fourth-order valence-electron chi connectivity index (χ4n) is 2.69. The van der Waals surface area contributed by atoms with Crippen molar-refractivity contribution in [3.8, 4) is 0 Å². The van der Waals surface area contributed by atoms with Crippen LogP contribution in [0.2, 0.25) is 0 Å². The first kappa shape index (κ1) is 20.2. The number of carbonyl (C=O) groups is 2. The average Bonchev–Trinajstić information content (AvgIpc) is 2.66. The summed E-state index contributed by atoms with van der Waals surface area (Å²) >= 11 is 7.63. The van der Waals surface area contributed by atoms with Crippen molar-refractivity contribution in [3.05, 3.63) is 50.7 Å². The Morgan fingerprint density at radius 3 is 2.75 bits per heavy atom. The third kappa shape index (κ3) is 3.97. The Kier molecular flexibility index (Phi) is 5.90. The molecule has 0 spiro atoms. The van der Waals surface area contributed by atoms with Gasteiger partial charge in [-0.1, -0.05) is 11.6 Å².